The van der Waals surface area contributed by atoms with Gasteiger partial charge in [0.05, 0.1) is 10.5 Å². The minimum atomic E-state index is -4.34. The highest BCUT2D eigenvalue weighted by Crippen LogP contribution is 2.34. The van der Waals surface area contributed by atoms with Crippen molar-refractivity contribution >= 4 is 51.6 Å². The molecule has 0 atom stereocenters. The van der Waals surface area contributed by atoms with Crippen LogP contribution in [0.4, 0.5) is 13.2 Å². The molecule has 1 aromatic heterocycles. The number of thioether (sulfide) groups is 1. The van der Waals surface area contributed by atoms with Crippen molar-refractivity contribution < 1.29 is 18.0 Å². The van der Waals surface area contributed by atoms with Crippen molar-refractivity contribution in [2.24, 2.45) is 0 Å². The average molecular weight is 371 g/mol. The summed E-state index contributed by atoms with van der Waals surface area (Å²) in [6, 6.07) is 8.64. The van der Waals surface area contributed by atoms with Crippen molar-refractivity contribution in [3.8, 4) is 10.4 Å². The lowest BCUT2D eigenvalue weighted by Gasteiger charge is -2.06. The van der Waals surface area contributed by atoms with Crippen molar-refractivity contribution in [3.63, 3.8) is 0 Å². The molecule has 1 N–H and O–H groups in total. The smallest absolute Gasteiger partial charge is 0.307 e. The highest BCUT2D eigenvalue weighted by Gasteiger charge is 2.30. The zero-order valence-electron chi connectivity index (χ0n) is 11.3. The van der Waals surface area contributed by atoms with Crippen LogP contribution in [0.25, 0.3) is 16.5 Å². The second kappa shape index (κ2) is 6.10. The topological polar surface area (TPSA) is 29.1 Å². The van der Waals surface area contributed by atoms with E-state index in [1.807, 2.05) is 12.1 Å². The van der Waals surface area contributed by atoms with Crippen LogP contribution in [0.2, 0.25) is 0 Å². The Kier molecular flexibility index (Phi) is 4.31. The van der Waals surface area contributed by atoms with E-state index in [0.29, 0.717) is 14.8 Å². The molecular weight excluding hydrogens is 363 g/mol. The van der Waals surface area contributed by atoms with Gasteiger partial charge in [-0.3, -0.25) is 4.79 Å². The van der Waals surface area contributed by atoms with Crippen molar-refractivity contribution in [1.82, 2.24) is 5.32 Å². The number of rotatable bonds is 2. The number of thiophene rings is 1. The summed E-state index contributed by atoms with van der Waals surface area (Å²) in [4.78, 5) is 13.8. The second-order valence-electron chi connectivity index (χ2n) is 4.63. The molecule has 1 aliphatic heterocycles. The van der Waals surface area contributed by atoms with E-state index in [9.17, 15) is 18.0 Å². The van der Waals surface area contributed by atoms with E-state index in [0.717, 1.165) is 21.9 Å². The zero-order valence-corrected chi connectivity index (χ0v) is 13.8. The molecule has 1 amide bonds. The molecule has 0 spiro atoms. The molecule has 0 radical (unpaired) electrons. The number of carbonyl (C=O) groups excluding carboxylic acids is 1. The maximum Gasteiger partial charge on any atom is 0.416 e. The van der Waals surface area contributed by atoms with Crippen LogP contribution in [0.1, 0.15) is 10.4 Å². The van der Waals surface area contributed by atoms with Gasteiger partial charge in [-0.25, -0.2) is 0 Å². The molecule has 1 aromatic carbocycles. The molecule has 1 aliphatic rings. The van der Waals surface area contributed by atoms with Crippen molar-refractivity contribution in [2.45, 2.75) is 6.18 Å². The van der Waals surface area contributed by atoms with Crippen LogP contribution < -0.4 is 5.32 Å². The molecule has 118 valence electrons. The van der Waals surface area contributed by atoms with Crippen LogP contribution in [0.5, 0.6) is 0 Å². The standard InChI is InChI=1S/C15H8F3NOS3/c16-15(17,18)9-3-1-8(2-4-9)11-6-5-10(22-11)7-12-13(20)19-14(21)23-12/h1-7H,(H,19,20,21). The fourth-order valence-corrected chi connectivity index (χ4v) is 4.03. The largest absolute Gasteiger partial charge is 0.416 e. The van der Waals surface area contributed by atoms with E-state index in [4.69, 9.17) is 12.2 Å². The first-order valence-corrected chi connectivity index (χ1v) is 8.39. The third kappa shape index (κ3) is 3.65. The SMILES string of the molecule is O=C1NC(=S)SC1=Cc1ccc(-c2ccc(C(F)(F)F)cc2)s1. The first-order valence-electron chi connectivity index (χ1n) is 6.35. The summed E-state index contributed by atoms with van der Waals surface area (Å²) in [7, 11) is 0. The van der Waals surface area contributed by atoms with Crippen LogP contribution in [0.15, 0.2) is 41.3 Å². The number of nitrogens with one attached hydrogen (secondary N) is 1. The molecule has 2 heterocycles. The number of alkyl halides is 3. The fourth-order valence-electron chi connectivity index (χ4n) is 1.96. The highest BCUT2D eigenvalue weighted by molar-refractivity contribution is 8.26. The molecule has 1 fully saturated rings. The van der Waals surface area contributed by atoms with Gasteiger partial charge in [-0.15, -0.1) is 11.3 Å². The van der Waals surface area contributed by atoms with Crippen molar-refractivity contribution in [2.75, 3.05) is 0 Å². The van der Waals surface area contributed by atoms with Crippen LogP contribution in [-0.2, 0) is 11.0 Å². The fraction of sp³-hybridized carbons (Fsp3) is 0.0667. The third-order valence-electron chi connectivity index (χ3n) is 3.04. The van der Waals surface area contributed by atoms with E-state index < -0.39 is 11.7 Å². The molecule has 3 rings (SSSR count). The number of hydrogen-bond donors (Lipinski definition) is 1. The Morgan fingerprint density at radius 1 is 1.09 bits per heavy atom. The van der Waals surface area contributed by atoms with E-state index in [1.165, 1.54) is 35.2 Å². The summed E-state index contributed by atoms with van der Waals surface area (Å²) >= 11 is 7.50. The minimum absolute atomic E-state index is 0.232. The lowest BCUT2D eigenvalue weighted by molar-refractivity contribution is -0.137. The molecule has 1 saturated heterocycles. The maximum absolute atomic E-state index is 12.6. The summed E-state index contributed by atoms with van der Waals surface area (Å²) in [5, 5.41) is 2.53. The van der Waals surface area contributed by atoms with Gasteiger partial charge in [0, 0.05) is 9.75 Å². The van der Waals surface area contributed by atoms with Crippen LogP contribution in [-0.4, -0.2) is 10.2 Å². The number of thiocarbonyl (C=S) groups is 1. The Hall–Kier alpha value is -1.64. The molecule has 2 aromatic rings. The van der Waals surface area contributed by atoms with E-state index in [2.05, 4.69) is 5.32 Å². The van der Waals surface area contributed by atoms with Gasteiger partial charge in [0.1, 0.15) is 4.32 Å². The van der Waals surface area contributed by atoms with Gasteiger partial charge in [-0.2, -0.15) is 13.2 Å². The molecule has 0 saturated carbocycles. The number of carbonyl (C=O) groups is 1. The predicted molar refractivity (Wildman–Crippen MR) is 91.1 cm³/mol. The normalized spacial score (nSPS) is 16.9. The summed E-state index contributed by atoms with van der Waals surface area (Å²) in [5.74, 6) is -0.232. The Balaban J connectivity index is 1.84. The van der Waals surface area contributed by atoms with Gasteiger partial charge in [-0.1, -0.05) is 36.1 Å². The third-order valence-corrected chi connectivity index (χ3v) is 5.28. The highest BCUT2D eigenvalue weighted by atomic mass is 32.2. The van der Waals surface area contributed by atoms with Crippen LogP contribution in [0.3, 0.4) is 0 Å². The number of halogens is 3. The molecule has 8 heteroatoms. The van der Waals surface area contributed by atoms with Gasteiger partial charge >= 0.3 is 6.18 Å². The molecule has 0 unspecified atom stereocenters. The molecule has 23 heavy (non-hydrogen) atoms. The van der Waals surface area contributed by atoms with Gasteiger partial charge < -0.3 is 5.32 Å². The average Bonchev–Trinajstić information content (AvgIpc) is 3.06. The molecule has 0 aliphatic carbocycles. The monoisotopic (exact) mass is 371 g/mol. The quantitative estimate of drug-likeness (QED) is 0.600. The summed E-state index contributed by atoms with van der Waals surface area (Å²) in [5.41, 5.74) is 0.0272. The lowest BCUT2D eigenvalue weighted by atomic mass is 10.1. The summed E-state index contributed by atoms with van der Waals surface area (Å²) in [6.07, 6.45) is -2.62. The van der Waals surface area contributed by atoms with Crippen LogP contribution in [0, 0.1) is 0 Å². The number of hydrogen-bond acceptors (Lipinski definition) is 4. The van der Waals surface area contributed by atoms with Crippen molar-refractivity contribution in [3.05, 3.63) is 51.7 Å². The summed E-state index contributed by atoms with van der Waals surface area (Å²) in [6.45, 7) is 0. The molecular formula is C15H8F3NOS3. The van der Waals surface area contributed by atoms with Gasteiger partial charge in [0.2, 0.25) is 0 Å². The second-order valence-corrected chi connectivity index (χ2v) is 7.46. The Morgan fingerprint density at radius 3 is 2.35 bits per heavy atom. The molecule has 2 nitrogen and oxygen atoms in total. The minimum Gasteiger partial charge on any atom is -0.307 e. The van der Waals surface area contributed by atoms with Gasteiger partial charge in [-0.05, 0) is 35.9 Å². The zero-order chi connectivity index (χ0) is 16.6. The Bertz CT molecular complexity index is 806. The number of amides is 1. The summed E-state index contributed by atoms with van der Waals surface area (Å²) < 4.78 is 38.1. The van der Waals surface area contributed by atoms with Crippen molar-refractivity contribution in [1.29, 1.82) is 0 Å². The lowest BCUT2D eigenvalue weighted by Crippen LogP contribution is -2.17. The predicted octanol–water partition coefficient (Wildman–Crippen LogP) is 4.92. The first-order chi connectivity index (χ1) is 10.8. The van der Waals surface area contributed by atoms with Crippen LogP contribution >= 0.6 is 35.3 Å². The Labute approximate surface area is 143 Å². The van der Waals surface area contributed by atoms with E-state index in [1.54, 1.807) is 6.08 Å². The Morgan fingerprint density at radius 2 is 1.78 bits per heavy atom. The van der Waals surface area contributed by atoms with Gasteiger partial charge in [0.15, 0.2) is 0 Å². The maximum atomic E-state index is 12.6. The van der Waals surface area contributed by atoms with Gasteiger partial charge in [0.25, 0.3) is 5.91 Å². The van der Waals surface area contributed by atoms with E-state index >= 15 is 0 Å². The first kappa shape index (κ1) is 16.2. The number of benzene rings is 1. The van der Waals surface area contributed by atoms with E-state index in [-0.39, 0.29) is 5.91 Å². The molecule has 0 bridgehead atoms.